The average Bonchev–Trinajstić information content (AvgIpc) is 2.60. The van der Waals surface area contributed by atoms with Crippen molar-refractivity contribution in [3.05, 3.63) is 41.2 Å². The second kappa shape index (κ2) is 9.39. The maximum Gasteiger partial charge on any atom is 0.130 e. The SMILES string of the molecule is C/C=C(/CCC(CC)C1CCC(CC)CC1)c1ccc(C)cc1F. The fourth-order valence-electron chi connectivity index (χ4n) is 4.50. The predicted octanol–water partition coefficient (Wildman–Crippen LogP) is 7.56. The number of aryl methyl sites for hydroxylation is 1. The van der Waals surface area contributed by atoms with Gasteiger partial charge in [-0.05, 0) is 74.5 Å². The van der Waals surface area contributed by atoms with E-state index in [1.54, 1.807) is 6.07 Å². The lowest BCUT2D eigenvalue weighted by Gasteiger charge is -2.33. The Morgan fingerprint density at radius 3 is 2.46 bits per heavy atom. The van der Waals surface area contributed by atoms with Crippen LogP contribution in [0, 0.1) is 30.5 Å². The van der Waals surface area contributed by atoms with Gasteiger partial charge in [-0.3, -0.25) is 0 Å². The molecule has 1 aliphatic rings. The van der Waals surface area contributed by atoms with Gasteiger partial charge in [0.15, 0.2) is 0 Å². The quantitative estimate of drug-likeness (QED) is 0.484. The van der Waals surface area contributed by atoms with Gasteiger partial charge in [0.05, 0.1) is 0 Å². The van der Waals surface area contributed by atoms with Gasteiger partial charge in [0.1, 0.15) is 5.82 Å². The van der Waals surface area contributed by atoms with Crippen LogP contribution < -0.4 is 0 Å². The highest BCUT2D eigenvalue weighted by atomic mass is 19.1. The van der Waals surface area contributed by atoms with Crippen LogP contribution in [0.25, 0.3) is 5.57 Å². The summed E-state index contributed by atoms with van der Waals surface area (Å²) in [5.41, 5.74) is 2.96. The third-order valence-electron chi connectivity index (χ3n) is 6.26. The first-order valence-corrected chi connectivity index (χ1v) is 10.0. The summed E-state index contributed by atoms with van der Waals surface area (Å²) < 4.78 is 14.3. The number of rotatable bonds is 7. The van der Waals surface area contributed by atoms with E-state index in [4.69, 9.17) is 0 Å². The van der Waals surface area contributed by atoms with Crippen molar-refractivity contribution in [2.75, 3.05) is 0 Å². The van der Waals surface area contributed by atoms with Gasteiger partial charge in [-0.25, -0.2) is 4.39 Å². The van der Waals surface area contributed by atoms with E-state index in [0.29, 0.717) is 0 Å². The fraction of sp³-hybridized carbons (Fsp3) is 0.652. The van der Waals surface area contributed by atoms with E-state index in [0.717, 1.165) is 35.3 Å². The highest BCUT2D eigenvalue weighted by Crippen LogP contribution is 2.39. The molecule has 0 aliphatic heterocycles. The molecule has 1 aromatic carbocycles. The fourth-order valence-corrected chi connectivity index (χ4v) is 4.50. The van der Waals surface area contributed by atoms with Crippen LogP contribution in [-0.4, -0.2) is 0 Å². The molecule has 1 heteroatoms. The number of benzene rings is 1. The highest BCUT2D eigenvalue weighted by molar-refractivity contribution is 5.66. The Kier molecular flexibility index (Phi) is 7.52. The van der Waals surface area contributed by atoms with E-state index in [9.17, 15) is 4.39 Å². The third-order valence-corrected chi connectivity index (χ3v) is 6.26. The van der Waals surface area contributed by atoms with E-state index in [1.165, 1.54) is 50.5 Å². The molecule has 1 aliphatic carbocycles. The Hall–Kier alpha value is -1.11. The molecule has 0 saturated heterocycles. The third kappa shape index (κ3) is 4.94. The number of hydrogen-bond donors (Lipinski definition) is 0. The van der Waals surface area contributed by atoms with Crippen LogP contribution in [0.15, 0.2) is 24.3 Å². The first kappa shape index (κ1) is 19.2. The van der Waals surface area contributed by atoms with Crippen molar-refractivity contribution in [2.45, 2.75) is 79.1 Å². The van der Waals surface area contributed by atoms with Crippen LogP contribution >= 0.6 is 0 Å². The molecule has 1 unspecified atom stereocenters. The predicted molar refractivity (Wildman–Crippen MR) is 104 cm³/mol. The molecule has 0 nitrogen and oxygen atoms in total. The van der Waals surface area contributed by atoms with Gasteiger partial charge in [-0.15, -0.1) is 0 Å². The molecular formula is C23H35F. The standard InChI is InChI=1S/C23H35F/c1-5-18-9-11-21(12-10-18)19(6-2)13-14-20(7-3)22-15-8-17(4)16-23(22)24/h7-8,15-16,18-19,21H,5-6,9-14H2,1-4H3/b20-7-. The van der Waals surface area contributed by atoms with Gasteiger partial charge in [0, 0.05) is 5.56 Å². The summed E-state index contributed by atoms with van der Waals surface area (Å²) in [5.74, 6) is 2.58. The molecule has 1 saturated carbocycles. The minimum absolute atomic E-state index is 0.0698. The van der Waals surface area contributed by atoms with Crippen LogP contribution in [0.1, 0.15) is 83.3 Å². The molecule has 0 spiro atoms. The zero-order valence-corrected chi connectivity index (χ0v) is 16.1. The summed E-state index contributed by atoms with van der Waals surface area (Å²) in [7, 11) is 0. The van der Waals surface area contributed by atoms with E-state index >= 15 is 0 Å². The first-order chi connectivity index (χ1) is 11.6. The highest BCUT2D eigenvalue weighted by Gasteiger charge is 2.26. The van der Waals surface area contributed by atoms with E-state index in [1.807, 2.05) is 26.0 Å². The minimum atomic E-state index is -0.0698. The maximum absolute atomic E-state index is 14.3. The Morgan fingerprint density at radius 1 is 1.21 bits per heavy atom. The van der Waals surface area contributed by atoms with E-state index < -0.39 is 0 Å². The average molecular weight is 331 g/mol. The van der Waals surface area contributed by atoms with Crippen LogP contribution in [0.5, 0.6) is 0 Å². The molecule has 0 N–H and O–H groups in total. The molecular weight excluding hydrogens is 295 g/mol. The van der Waals surface area contributed by atoms with Gasteiger partial charge in [0.25, 0.3) is 0 Å². The molecule has 1 atom stereocenters. The summed E-state index contributed by atoms with van der Waals surface area (Å²) >= 11 is 0. The molecule has 2 rings (SSSR count). The smallest absolute Gasteiger partial charge is 0.130 e. The lowest BCUT2D eigenvalue weighted by Crippen LogP contribution is -2.21. The van der Waals surface area contributed by atoms with Crippen LogP contribution in [0.4, 0.5) is 4.39 Å². The first-order valence-electron chi connectivity index (χ1n) is 10.0. The molecule has 1 aromatic rings. The van der Waals surface area contributed by atoms with Gasteiger partial charge in [-0.1, -0.05) is 57.7 Å². The van der Waals surface area contributed by atoms with Crippen LogP contribution in [0.2, 0.25) is 0 Å². The topological polar surface area (TPSA) is 0 Å². The maximum atomic E-state index is 14.3. The Labute approximate surface area is 148 Å². The van der Waals surface area contributed by atoms with Crippen molar-refractivity contribution in [1.82, 2.24) is 0 Å². The Bertz CT molecular complexity index is 535. The van der Waals surface area contributed by atoms with Gasteiger partial charge >= 0.3 is 0 Å². The largest absolute Gasteiger partial charge is 0.206 e. The summed E-state index contributed by atoms with van der Waals surface area (Å²) in [6.45, 7) is 8.65. The lowest BCUT2D eigenvalue weighted by molar-refractivity contribution is 0.190. The van der Waals surface area contributed by atoms with Crippen molar-refractivity contribution < 1.29 is 4.39 Å². The molecule has 0 bridgehead atoms. The monoisotopic (exact) mass is 330 g/mol. The normalized spacial score (nSPS) is 23.3. The van der Waals surface area contributed by atoms with Crippen molar-refractivity contribution in [3.63, 3.8) is 0 Å². The summed E-state index contributed by atoms with van der Waals surface area (Å²) in [6, 6.07) is 5.63. The van der Waals surface area contributed by atoms with Crippen molar-refractivity contribution in [2.24, 2.45) is 17.8 Å². The Balaban J connectivity index is 1.96. The van der Waals surface area contributed by atoms with Crippen LogP contribution in [0.3, 0.4) is 0 Å². The molecule has 0 heterocycles. The molecule has 0 amide bonds. The second-order valence-electron chi connectivity index (χ2n) is 7.69. The number of hydrogen-bond acceptors (Lipinski definition) is 0. The lowest BCUT2D eigenvalue weighted by atomic mass is 9.72. The van der Waals surface area contributed by atoms with Crippen LogP contribution in [-0.2, 0) is 0 Å². The zero-order chi connectivity index (χ0) is 17.5. The van der Waals surface area contributed by atoms with Crippen molar-refractivity contribution >= 4 is 5.57 Å². The summed E-state index contributed by atoms with van der Waals surface area (Å²) in [6.07, 6.45) is 12.6. The van der Waals surface area contributed by atoms with Gasteiger partial charge in [-0.2, -0.15) is 0 Å². The van der Waals surface area contributed by atoms with Crippen molar-refractivity contribution in [3.8, 4) is 0 Å². The summed E-state index contributed by atoms with van der Waals surface area (Å²) in [5, 5.41) is 0. The van der Waals surface area contributed by atoms with E-state index in [-0.39, 0.29) is 5.82 Å². The number of halogens is 1. The minimum Gasteiger partial charge on any atom is -0.206 e. The van der Waals surface area contributed by atoms with Crippen molar-refractivity contribution in [1.29, 1.82) is 0 Å². The molecule has 24 heavy (non-hydrogen) atoms. The van der Waals surface area contributed by atoms with Gasteiger partial charge in [0.2, 0.25) is 0 Å². The van der Waals surface area contributed by atoms with E-state index in [2.05, 4.69) is 19.9 Å². The molecule has 134 valence electrons. The van der Waals surface area contributed by atoms with Gasteiger partial charge < -0.3 is 0 Å². The zero-order valence-electron chi connectivity index (χ0n) is 16.1. The molecule has 0 radical (unpaired) electrons. The summed E-state index contributed by atoms with van der Waals surface area (Å²) in [4.78, 5) is 0. The number of allylic oxidation sites excluding steroid dienone is 2. The second-order valence-corrected chi connectivity index (χ2v) is 7.69. The molecule has 0 aromatic heterocycles. The Morgan fingerprint density at radius 2 is 1.92 bits per heavy atom. The molecule has 1 fully saturated rings.